The zero-order chi connectivity index (χ0) is 7.28. The Kier molecular flexibility index (Phi) is 3.93. The lowest BCUT2D eigenvalue weighted by Gasteiger charge is -2.03. The molecule has 0 saturated heterocycles. The summed E-state index contributed by atoms with van der Waals surface area (Å²) < 4.78 is 0. The molecular formula is C6H12N2O. The lowest BCUT2D eigenvalue weighted by molar-refractivity contribution is 0.399. The molecule has 1 fully saturated rings. The van der Waals surface area contributed by atoms with E-state index in [0.717, 1.165) is 12.1 Å². The molecule has 0 amide bonds. The Labute approximate surface area is 55.2 Å². The molecule has 1 aliphatic carbocycles. The average molecular weight is 128 g/mol. The first-order valence-electron chi connectivity index (χ1n) is 2.92. The molecule has 0 aliphatic heterocycles. The highest BCUT2D eigenvalue weighted by atomic mass is 16.1. The Bertz CT molecular complexity index is 102. The quantitative estimate of drug-likeness (QED) is 0.415. The van der Waals surface area contributed by atoms with Crippen LogP contribution in [0, 0.1) is 5.41 Å². The molecule has 0 aromatic carbocycles. The van der Waals surface area contributed by atoms with Crippen LogP contribution in [0.5, 0.6) is 0 Å². The van der Waals surface area contributed by atoms with Crippen molar-refractivity contribution < 1.29 is 4.79 Å². The fraction of sp³-hybridized carbons (Fsp3) is 0.833. The molecule has 1 N–H and O–H groups in total. The third-order valence-electron chi connectivity index (χ3n) is 1.28. The van der Waals surface area contributed by atoms with E-state index in [1.54, 1.807) is 0 Å². The van der Waals surface area contributed by atoms with Crippen molar-refractivity contribution in [1.82, 2.24) is 4.90 Å². The van der Waals surface area contributed by atoms with Crippen LogP contribution in [0.1, 0.15) is 12.8 Å². The van der Waals surface area contributed by atoms with E-state index in [2.05, 4.69) is 19.0 Å². The summed E-state index contributed by atoms with van der Waals surface area (Å²) in [6, 6.07) is 0.935. The van der Waals surface area contributed by atoms with Crippen LogP contribution in [-0.4, -0.2) is 31.1 Å². The van der Waals surface area contributed by atoms with Crippen molar-refractivity contribution in [1.29, 1.82) is 5.41 Å². The van der Waals surface area contributed by atoms with Gasteiger partial charge < -0.3 is 4.90 Å². The number of nitrogens with one attached hydrogen (secondary N) is 1. The van der Waals surface area contributed by atoms with E-state index in [-0.39, 0.29) is 0 Å². The van der Waals surface area contributed by atoms with Crippen LogP contribution in [-0.2, 0) is 4.79 Å². The minimum absolute atomic E-state index is 0.750. The minimum atomic E-state index is 0.750. The van der Waals surface area contributed by atoms with E-state index < -0.39 is 0 Å². The Morgan fingerprint density at radius 1 is 1.56 bits per heavy atom. The van der Waals surface area contributed by atoms with Gasteiger partial charge in [-0.25, -0.2) is 10.2 Å². The van der Waals surface area contributed by atoms with Crippen molar-refractivity contribution in [3.63, 3.8) is 0 Å². The monoisotopic (exact) mass is 128 g/mol. The number of nitrogens with zero attached hydrogens (tertiary/aromatic N) is 1. The molecule has 0 radical (unpaired) electrons. The standard InChI is InChI=1S/C5H11N.CHNO/c1-6(2)5-3-4-5;2-1-3/h5H,3-4H2,1-2H3;2H. The summed E-state index contributed by atoms with van der Waals surface area (Å²) in [5.74, 6) is 0. The third kappa shape index (κ3) is 5.21. The SMILES string of the molecule is CN(C)C1CC1.N=C=O. The summed E-state index contributed by atoms with van der Waals surface area (Å²) in [5, 5.41) is 5.40. The van der Waals surface area contributed by atoms with Gasteiger partial charge in [0.05, 0.1) is 0 Å². The van der Waals surface area contributed by atoms with E-state index in [4.69, 9.17) is 10.2 Å². The third-order valence-corrected chi connectivity index (χ3v) is 1.28. The Hall–Kier alpha value is -0.660. The molecular weight excluding hydrogens is 116 g/mol. The molecule has 0 aromatic rings. The van der Waals surface area contributed by atoms with Crippen LogP contribution in [0.2, 0.25) is 0 Å². The van der Waals surface area contributed by atoms with E-state index in [1.807, 2.05) is 0 Å². The second kappa shape index (κ2) is 4.24. The maximum Gasteiger partial charge on any atom is 0.231 e. The highest BCUT2D eigenvalue weighted by molar-refractivity contribution is 5.26. The maximum atomic E-state index is 8.35. The molecule has 0 atom stereocenters. The molecule has 0 heterocycles. The summed E-state index contributed by atoms with van der Waals surface area (Å²) in [5.41, 5.74) is 0. The summed E-state index contributed by atoms with van der Waals surface area (Å²) in [4.78, 5) is 10.6. The zero-order valence-electron chi connectivity index (χ0n) is 5.85. The molecule has 0 aromatic heterocycles. The van der Waals surface area contributed by atoms with Crippen LogP contribution in [0.4, 0.5) is 0 Å². The summed E-state index contributed by atoms with van der Waals surface area (Å²) in [7, 11) is 4.27. The Balaban J connectivity index is 0.000000187. The fourth-order valence-electron chi connectivity index (χ4n) is 0.591. The predicted octanol–water partition coefficient (Wildman–Crippen LogP) is 0.611. The number of carbonyl (C=O) groups excluding carboxylic acids is 1. The van der Waals surface area contributed by atoms with Crippen LogP contribution < -0.4 is 0 Å². The molecule has 1 saturated carbocycles. The van der Waals surface area contributed by atoms with Crippen LogP contribution in [0.3, 0.4) is 0 Å². The van der Waals surface area contributed by atoms with Gasteiger partial charge >= 0.3 is 0 Å². The maximum absolute atomic E-state index is 8.35. The zero-order valence-corrected chi connectivity index (χ0v) is 5.85. The predicted molar refractivity (Wildman–Crippen MR) is 35.1 cm³/mol. The van der Waals surface area contributed by atoms with Gasteiger partial charge in [0.1, 0.15) is 0 Å². The van der Waals surface area contributed by atoms with Crippen LogP contribution in [0.15, 0.2) is 0 Å². The molecule has 52 valence electrons. The van der Waals surface area contributed by atoms with Gasteiger partial charge in [-0.05, 0) is 26.9 Å². The second-order valence-electron chi connectivity index (χ2n) is 2.30. The van der Waals surface area contributed by atoms with Gasteiger partial charge in [0.2, 0.25) is 6.08 Å². The van der Waals surface area contributed by atoms with E-state index in [9.17, 15) is 0 Å². The summed E-state index contributed by atoms with van der Waals surface area (Å²) >= 11 is 0. The smallest absolute Gasteiger partial charge is 0.231 e. The lowest BCUT2D eigenvalue weighted by Crippen LogP contribution is -2.12. The summed E-state index contributed by atoms with van der Waals surface area (Å²) in [6.07, 6.45) is 3.60. The minimum Gasteiger partial charge on any atom is -0.306 e. The molecule has 3 heteroatoms. The Morgan fingerprint density at radius 2 is 1.89 bits per heavy atom. The Morgan fingerprint density at radius 3 is 1.89 bits per heavy atom. The van der Waals surface area contributed by atoms with Gasteiger partial charge in [0.15, 0.2) is 0 Å². The molecule has 1 rings (SSSR count). The molecule has 0 unspecified atom stereocenters. The van der Waals surface area contributed by atoms with Gasteiger partial charge in [-0.3, -0.25) is 0 Å². The van der Waals surface area contributed by atoms with Crippen molar-refractivity contribution >= 4 is 6.08 Å². The fourth-order valence-corrected chi connectivity index (χ4v) is 0.591. The van der Waals surface area contributed by atoms with Gasteiger partial charge in [-0.15, -0.1) is 0 Å². The van der Waals surface area contributed by atoms with Crippen LogP contribution >= 0.6 is 0 Å². The van der Waals surface area contributed by atoms with Crippen molar-refractivity contribution in [3.8, 4) is 0 Å². The topological polar surface area (TPSA) is 44.2 Å². The lowest BCUT2D eigenvalue weighted by atomic mass is 10.6. The number of hydrogen-bond donors (Lipinski definition) is 1. The van der Waals surface area contributed by atoms with E-state index in [0.29, 0.717) is 0 Å². The van der Waals surface area contributed by atoms with Crippen molar-refractivity contribution in [2.45, 2.75) is 18.9 Å². The van der Waals surface area contributed by atoms with Crippen LogP contribution in [0.25, 0.3) is 0 Å². The van der Waals surface area contributed by atoms with Gasteiger partial charge in [-0.1, -0.05) is 0 Å². The van der Waals surface area contributed by atoms with Crippen molar-refractivity contribution in [3.05, 3.63) is 0 Å². The van der Waals surface area contributed by atoms with Crippen molar-refractivity contribution in [2.24, 2.45) is 0 Å². The van der Waals surface area contributed by atoms with E-state index in [1.165, 1.54) is 12.8 Å². The highest BCUT2D eigenvalue weighted by Crippen LogP contribution is 2.23. The normalized spacial score (nSPS) is 15.9. The number of isocyanates is 1. The second-order valence-corrected chi connectivity index (χ2v) is 2.30. The van der Waals surface area contributed by atoms with Gasteiger partial charge in [0.25, 0.3) is 0 Å². The molecule has 0 bridgehead atoms. The first-order valence-corrected chi connectivity index (χ1v) is 2.92. The summed E-state index contributed by atoms with van der Waals surface area (Å²) in [6.45, 7) is 0. The van der Waals surface area contributed by atoms with Gasteiger partial charge in [-0.2, -0.15) is 0 Å². The van der Waals surface area contributed by atoms with Crippen molar-refractivity contribution in [2.75, 3.05) is 14.1 Å². The molecule has 1 aliphatic rings. The largest absolute Gasteiger partial charge is 0.306 e. The number of hydrogen-bond acceptors (Lipinski definition) is 3. The highest BCUT2D eigenvalue weighted by Gasteiger charge is 2.22. The first-order chi connectivity index (χ1) is 4.22. The van der Waals surface area contributed by atoms with Gasteiger partial charge in [0, 0.05) is 6.04 Å². The molecule has 9 heavy (non-hydrogen) atoms. The van der Waals surface area contributed by atoms with E-state index >= 15 is 0 Å². The molecule has 3 nitrogen and oxygen atoms in total. The first kappa shape index (κ1) is 8.34. The number of rotatable bonds is 1. The average Bonchev–Trinajstić information content (AvgIpc) is 2.44. The molecule has 0 spiro atoms.